The molecule has 0 saturated heterocycles. The van der Waals surface area contributed by atoms with Crippen molar-refractivity contribution in [3.05, 3.63) is 22.4 Å². The van der Waals surface area contributed by atoms with Gasteiger partial charge in [0.15, 0.2) is 0 Å². The molecule has 0 saturated carbocycles. The van der Waals surface area contributed by atoms with Gasteiger partial charge >= 0.3 is 5.97 Å². The van der Waals surface area contributed by atoms with Crippen molar-refractivity contribution in [2.24, 2.45) is 0 Å². The summed E-state index contributed by atoms with van der Waals surface area (Å²) < 4.78 is 0. The van der Waals surface area contributed by atoms with Gasteiger partial charge in [0.25, 0.3) is 0 Å². The average molecular weight is 243 g/mol. The van der Waals surface area contributed by atoms with Crippen LogP contribution in [0.1, 0.15) is 12.0 Å². The van der Waals surface area contributed by atoms with Crippen LogP contribution in [-0.2, 0) is 16.0 Å². The van der Waals surface area contributed by atoms with Crippen molar-refractivity contribution in [2.45, 2.75) is 18.9 Å². The monoisotopic (exact) mass is 243 g/mol. The molecule has 0 radical (unpaired) electrons. The lowest BCUT2D eigenvalue weighted by molar-refractivity contribution is -0.142. The minimum atomic E-state index is -1.13. The van der Waals surface area contributed by atoms with Gasteiger partial charge in [0.1, 0.15) is 6.04 Å². The Kier molecular flexibility index (Phi) is 4.94. The molecular weight excluding hydrogens is 230 g/mol. The van der Waals surface area contributed by atoms with Crippen molar-refractivity contribution in [2.75, 3.05) is 6.61 Å². The molecule has 0 aromatic carbocycles. The number of thiophene rings is 1. The zero-order valence-electron chi connectivity index (χ0n) is 8.55. The summed E-state index contributed by atoms with van der Waals surface area (Å²) in [5.41, 5.74) is 0.857. The minimum absolute atomic E-state index is 0.0186. The Labute approximate surface area is 96.7 Å². The molecule has 0 fully saturated rings. The molecule has 0 aliphatic heterocycles. The smallest absolute Gasteiger partial charge is 0.326 e. The van der Waals surface area contributed by atoms with Crippen LogP contribution in [-0.4, -0.2) is 34.7 Å². The van der Waals surface area contributed by atoms with Crippen LogP contribution in [0.3, 0.4) is 0 Å². The summed E-state index contributed by atoms with van der Waals surface area (Å²) in [5.74, 6) is -1.48. The van der Waals surface area contributed by atoms with Gasteiger partial charge in [0, 0.05) is 13.0 Å². The van der Waals surface area contributed by atoms with E-state index < -0.39 is 12.0 Å². The summed E-state index contributed by atoms with van der Waals surface area (Å²) in [6, 6.07) is 0.794. The van der Waals surface area contributed by atoms with Crippen LogP contribution in [0.25, 0.3) is 0 Å². The van der Waals surface area contributed by atoms with E-state index >= 15 is 0 Å². The number of carbonyl (C=O) groups excluding carboxylic acids is 1. The van der Waals surface area contributed by atoms with Crippen molar-refractivity contribution in [1.29, 1.82) is 0 Å². The number of carboxylic acid groups (broad SMARTS) is 1. The number of carbonyl (C=O) groups is 2. The lowest BCUT2D eigenvalue weighted by Crippen LogP contribution is -2.42. The summed E-state index contributed by atoms with van der Waals surface area (Å²) in [6.07, 6.45) is 0.184. The van der Waals surface area contributed by atoms with Gasteiger partial charge in [-0.2, -0.15) is 11.3 Å². The predicted molar refractivity (Wildman–Crippen MR) is 59.3 cm³/mol. The van der Waals surface area contributed by atoms with Crippen LogP contribution in [0, 0.1) is 0 Å². The maximum absolute atomic E-state index is 11.4. The molecule has 0 bridgehead atoms. The second-order valence-electron chi connectivity index (χ2n) is 3.28. The quantitative estimate of drug-likeness (QED) is 0.668. The van der Waals surface area contributed by atoms with Gasteiger partial charge in [0.05, 0.1) is 6.42 Å². The molecule has 1 unspecified atom stereocenters. The average Bonchev–Trinajstić information content (AvgIpc) is 2.69. The Morgan fingerprint density at radius 3 is 2.75 bits per heavy atom. The SMILES string of the molecule is O=C(Cc1ccsc1)NC(CCO)C(=O)O. The Hall–Kier alpha value is -1.40. The van der Waals surface area contributed by atoms with Crippen LogP contribution in [0.4, 0.5) is 0 Å². The highest BCUT2D eigenvalue weighted by atomic mass is 32.1. The predicted octanol–water partition coefficient (Wildman–Crippen LogP) is 0.242. The fourth-order valence-corrected chi connectivity index (χ4v) is 1.88. The van der Waals surface area contributed by atoms with Crippen molar-refractivity contribution < 1.29 is 19.8 Å². The highest BCUT2D eigenvalue weighted by molar-refractivity contribution is 7.07. The number of aliphatic carboxylic acids is 1. The summed E-state index contributed by atoms with van der Waals surface area (Å²) in [6.45, 7) is -0.268. The molecule has 6 heteroatoms. The maximum Gasteiger partial charge on any atom is 0.326 e. The first-order valence-electron chi connectivity index (χ1n) is 4.77. The standard InChI is InChI=1S/C10H13NO4S/c12-3-1-8(10(14)15)11-9(13)5-7-2-4-16-6-7/h2,4,6,8,12H,1,3,5H2,(H,11,13)(H,14,15). The molecule has 1 heterocycles. The number of nitrogens with one attached hydrogen (secondary N) is 1. The molecule has 16 heavy (non-hydrogen) atoms. The summed E-state index contributed by atoms with van der Waals surface area (Å²) in [4.78, 5) is 22.2. The number of rotatable bonds is 6. The van der Waals surface area contributed by atoms with Crippen LogP contribution in [0.15, 0.2) is 16.8 Å². The number of hydrogen-bond donors (Lipinski definition) is 3. The van der Waals surface area contributed by atoms with Crippen molar-refractivity contribution in [1.82, 2.24) is 5.32 Å². The molecule has 0 aliphatic carbocycles. The van der Waals surface area contributed by atoms with Gasteiger partial charge < -0.3 is 15.5 Å². The second-order valence-corrected chi connectivity index (χ2v) is 4.06. The van der Waals surface area contributed by atoms with E-state index in [0.29, 0.717) is 0 Å². The van der Waals surface area contributed by atoms with Crippen molar-refractivity contribution in [3.8, 4) is 0 Å². The van der Waals surface area contributed by atoms with Gasteiger partial charge in [-0.1, -0.05) is 0 Å². The van der Waals surface area contributed by atoms with Crippen LogP contribution in [0.5, 0.6) is 0 Å². The number of carboxylic acids is 1. The molecule has 1 aromatic rings. The third kappa shape index (κ3) is 4.00. The van der Waals surface area contributed by atoms with E-state index in [1.54, 1.807) is 0 Å². The van der Waals surface area contributed by atoms with Crippen LogP contribution < -0.4 is 5.32 Å². The van der Waals surface area contributed by atoms with E-state index in [4.69, 9.17) is 10.2 Å². The zero-order valence-corrected chi connectivity index (χ0v) is 9.37. The Morgan fingerprint density at radius 2 is 2.25 bits per heavy atom. The van der Waals surface area contributed by atoms with Gasteiger partial charge in [-0.3, -0.25) is 4.79 Å². The first-order chi connectivity index (χ1) is 7.63. The fraction of sp³-hybridized carbons (Fsp3) is 0.400. The third-order valence-electron chi connectivity index (χ3n) is 2.00. The Balaban J connectivity index is 2.45. The number of hydrogen-bond acceptors (Lipinski definition) is 4. The third-order valence-corrected chi connectivity index (χ3v) is 2.73. The summed E-state index contributed by atoms with van der Waals surface area (Å²) in [5, 5.41) is 23.4. The van der Waals surface area contributed by atoms with Gasteiger partial charge in [-0.05, 0) is 22.4 Å². The highest BCUT2D eigenvalue weighted by Gasteiger charge is 2.19. The number of aliphatic hydroxyl groups excluding tert-OH is 1. The fourth-order valence-electron chi connectivity index (χ4n) is 1.21. The number of aliphatic hydroxyl groups is 1. The van der Waals surface area contributed by atoms with Crippen LogP contribution in [0.2, 0.25) is 0 Å². The first-order valence-corrected chi connectivity index (χ1v) is 5.72. The molecule has 0 aliphatic rings. The van der Waals surface area contributed by atoms with E-state index in [1.165, 1.54) is 11.3 Å². The zero-order chi connectivity index (χ0) is 12.0. The molecule has 3 N–H and O–H groups in total. The highest BCUT2D eigenvalue weighted by Crippen LogP contribution is 2.06. The minimum Gasteiger partial charge on any atom is -0.480 e. The molecule has 0 spiro atoms. The van der Waals surface area contributed by atoms with Gasteiger partial charge in [0.2, 0.25) is 5.91 Å². The Bertz CT molecular complexity index is 350. The topological polar surface area (TPSA) is 86.6 Å². The molecule has 5 nitrogen and oxygen atoms in total. The Morgan fingerprint density at radius 1 is 1.50 bits per heavy atom. The van der Waals surface area contributed by atoms with E-state index in [2.05, 4.69) is 5.32 Å². The van der Waals surface area contributed by atoms with Crippen LogP contribution >= 0.6 is 11.3 Å². The number of amides is 1. The van der Waals surface area contributed by atoms with Gasteiger partial charge in [-0.15, -0.1) is 0 Å². The first kappa shape index (κ1) is 12.7. The van der Waals surface area contributed by atoms with Crippen molar-refractivity contribution >= 4 is 23.2 Å². The van der Waals surface area contributed by atoms with E-state index in [-0.39, 0.29) is 25.4 Å². The molecule has 1 amide bonds. The largest absolute Gasteiger partial charge is 0.480 e. The molecular formula is C10H13NO4S. The molecule has 1 atom stereocenters. The molecule has 88 valence electrons. The summed E-state index contributed by atoms with van der Waals surface area (Å²) >= 11 is 1.48. The normalized spacial score (nSPS) is 12.1. The molecule has 1 aromatic heterocycles. The lowest BCUT2D eigenvalue weighted by Gasteiger charge is -2.12. The lowest BCUT2D eigenvalue weighted by atomic mass is 10.2. The second kappa shape index (κ2) is 6.24. The van der Waals surface area contributed by atoms with E-state index in [0.717, 1.165) is 5.56 Å². The van der Waals surface area contributed by atoms with Gasteiger partial charge in [-0.25, -0.2) is 4.79 Å². The maximum atomic E-state index is 11.4. The van der Waals surface area contributed by atoms with E-state index in [1.807, 2.05) is 16.8 Å². The van der Waals surface area contributed by atoms with Crippen molar-refractivity contribution in [3.63, 3.8) is 0 Å². The molecule has 1 rings (SSSR count). The summed E-state index contributed by atoms with van der Waals surface area (Å²) in [7, 11) is 0. The van der Waals surface area contributed by atoms with E-state index in [9.17, 15) is 9.59 Å².